The summed E-state index contributed by atoms with van der Waals surface area (Å²) in [5.41, 5.74) is -2.42. The van der Waals surface area contributed by atoms with E-state index in [9.17, 15) is 22.8 Å². The Kier molecular flexibility index (Phi) is 3.91. The first-order chi connectivity index (χ1) is 12.0. The molecule has 0 aromatic heterocycles. The molecule has 6 atom stereocenters. The fraction of sp³-hybridized carbons (Fsp3) is 0.895. The largest absolute Gasteiger partial charge is 0.450 e. The molecule has 4 fully saturated rings. The van der Waals surface area contributed by atoms with E-state index in [0.717, 1.165) is 25.7 Å². The first-order valence-corrected chi connectivity index (χ1v) is 9.55. The van der Waals surface area contributed by atoms with E-state index in [4.69, 9.17) is 9.47 Å². The van der Waals surface area contributed by atoms with E-state index in [1.54, 1.807) is 13.8 Å². The molecule has 1 heterocycles. The Labute approximate surface area is 150 Å². The average molecular weight is 374 g/mol. The lowest BCUT2D eigenvalue weighted by atomic mass is 9.75. The Morgan fingerprint density at radius 1 is 1.27 bits per heavy atom. The summed E-state index contributed by atoms with van der Waals surface area (Å²) >= 11 is 0. The zero-order chi connectivity index (χ0) is 18.9. The Morgan fingerprint density at radius 2 is 2.00 bits per heavy atom. The zero-order valence-electron chi connectivity index (χ0n) is 15.1. The molecule has 0 N–H and O–H groups in total. The number of esters is 2. The standard InChI is InChI=1S/C19H25F3O4/c1-17(2)13-5-6-18(17,26-15(13)23)16(24)25-14(19(20,21)22)9-12-8-10-3-4-11(12)7-10/h10-14H,3-9H2,1-2H3. The van der Waals surface area contributed by atoms with Gasteiger partial charge < -0.3 is 9.47 Å². The highest BCUT2D eigenvalue weighted by Crippen LogP contribution is 2.59. The minimum Gasteiger partial charge on any atom is -0.450 e. The van der Waals surface area contributed by atoms with Gasteiger partial charge in [-0.25, -0.2) is 4.79 Å². The van der Waals surface area contributed by atoms with E-state index in [-0.39, 0.29) is 18.8 Å². The van der Waals surface area contributed by atoms with Crippen LogP contribution in [0, 0.1) is 29.1 Å². The number of carbonyl (C=O) groups excluding carboxylic acids is 2. The lowest BCUT2D eigenvalue weighted by Crippen LogP contribution is -2.51. The van der Waals surface area contributed by atoms with Crippen LogP contribution in [0.4, 0.5) is 13.2 Å². The maximum Gasteiger partial charge on any atom is 0.425 e. The van der Waals surface area contributed by atoms with Gasteiger partial charge >= 0.3 is 18.1 Å². The summed E-state index contributed by atoms with van der Waals surface area (Å²) in [5, 5.41) is 0. The molecule has 4 rings (SSSR count). The predicted octanol–water partition coefficient (Wildman–Crippen LogP) is 4.02. The number of alkyl halides is 3. The minimum atomic E-state index is -4.61. The molecule has 0 aromatic carbocycles. The topological polar surface area (TPSA) is 52.6 Å². The number of fused-ring (bicyclic) bond motifs is 4. The van der Waals surface area contributed by atoms with Gasteiger partial charge in [0.05, 0.1) is 5.92 Å². The molecule has 7 heteroatoms. The fourth-order valence-corrected chi connectivity index (χ4v) is 5.97. The van der Waals surface area contributed by atoms with Crippen LogP contribution in [0.15, 0.2) is 0 Å². The smallest absolute Gasteiger partial charge is 0.425 e. The van der Waals surface area contributed by atoms with E-state index in [1.165, 1.54) is 0 Å². The van der Waals surface area contributed by atoms with Crippen LogP contribution in [0.5, 0.6) is 0 Å². The average Bonchev–Trinajstić information content (AvgIpc) is 3.24. The molecule has 4 aliphatic rings. The van der Waals surface area contributed by atoms with E-state index in [0.29, 0.717) is 18.3 Å². The van der Waals surface area contributed by atoms with Crippen molar-refractivity contribution in [2.75, 3.05) is 0 Å². The molecule has 1 saturated heterocycles. The van der Waals surface area contributed by atoms with Crippen molar-refractivity contribution in [2.45, 2.75) is 76.7 Å². The number of hydrogen-bond donors (Lipinski definition) is 0. The van der Waals surface area contributed by atoms with Crippen molar-refractivity contribution < 1.29 is 32.2 Å². The van der Waals surface area contributed by atoms with Gasteiger partial charge in [-0.15, -0.1) is 0 Å². The zero-order valence-corrected chi connectivity index (χ0v) is 15.1. The van der Waals surface area contributed by atoms with Crippen molar-refractivity contribution in [3.63, 3.8) is 0 Å². The molecular formula is C19H25F3O4. The molecule has 0 amide bonds. The first-order valence-electron chi connectivity index (χ1n) is 9.55. The first kappa shape index (κ1) is 18.1. The lowest BCUT2D eigenvalue weighted by Gasteiger charge is -2.35. The van der Waals surface area contributed by atoms with Gasteiger partial charge in [-0.3, -0.25) is 4.79 Å². The number of halogens is 3. The van der Waals surface area contributed by atoms with Crippen molar-refractivity contribution >= 4 is 11.9 Å². The van der Waals surface area contributed by atoms with Crippen molar-refractivity contribution in [1.29, 1.82) is 0 Å². The maximum atomic E-state index is 13.6. The summed E-state index contributed by atoms with van der Waals surface area (Å²) in [7, 11) is 0. The van der Waals surface area contributed by atoms with Gasteiger partial charge in [0, 0.05) is 5.41 Å². The second kappa shape index (κ2) is 5.61. The highest BCUT2D eigenvalue weighted by molar-refractivity contribution is 5.91. The monoisotopic (exact) mass is 374 g/mol. The van der Waals surface area contributed by atoms with Crippen LogP contribution in [-0.4, -0.2) is 29.8 Å². The molecule has 1 aliphatic heterocycles. The molecule has 26 heavy (non-hydrogen) atoms. The van der Waals surface area contributed by atoms with Crippen LogP contribution in [0.3, 0.4) is 0 Å². The quantitative estimate of drug-likeness (QED) is 0.698. The number of rotatable bonds is 4. The molecule has 0 spiro atoms. The second-order valence-electron chi connectivity index (χ2n) is 9.17. The molecule has 3 saturated carbocycles. The molecule has 3 aliphatic carbocycles. The maximum absolute atomic E-state index is 13.6. The molecule has 0 aromatic rings. The Bertz CT molecular complexity index is 629. The van der Waals surface area contributed by atoms with Crippen molar-refractivity contribution in [3.8, 4) is 0 Å². The SMILES string of the molecule is CC1(C)C2CCC1(C(=O)OC(CC1CC3CCC1C3)C(F)(F)F)OC2=O. The summed E-state index contributed by atoms with van der Waals surface area (Å²) in [6.07, 6.45) is -2.36. The van der Waals surface area contributed by atoms with Crippen LogP contribution >= 0.6 is 0 Å². The minimum absolute atomic E-state index is 0.0406. The lowest BCUT2D eigenvalue weighted by molar-refractivity contribution is -0.237. The van der Waals surface area contributed by atoms with Crippen LogP contribution in [-0.2, 0) is 19.1 Å². The van der Waals surface area contributed by atoms with E-state index in [2.05, 4.69) is 0 Å². The summed E-state index contributed by atoms with van der Waals surface area (Å²) < 4.78 is 51.1. The molecule has 146 valence electrons. The van der Waals surface area contributed by atoms with Crippen LogP contribution in [0.25, 0.3) is 0 Å². The van der Waals surface area contributed by atoms with Crippen LogP contribution in [0.2, 0.25) is 0 Å². The van der Waals surface area contributed by atoms with Gasteiger partial charge in [0.1, 0.15) is 0 Å². The Morgan fingerprint density at radius 3 is 2.46 bits per heavy atom. The van der Waals surface area contributed by atoms with Gasteiger partial charge in [-0.05, 0) is 56.3 Å². The second-order valence-corrected chi connectivity index (χ2v) is 9.17. The summed E-state index contributed by atoms with van der Waals surface area (Å²) in [6, 6.07) is 0. The van der Waals surface area contributed by atoms with Crippen molar-refractivity contribution in [3.05, 3.63) is 0 Å². The highest BCUT2D eigenvalue weighted by Gasteiger charge is 2.71. The number of carbonyl (C=O) groups is 2. The summed E-state index contributed by atoms with van der Waals surface area (Å²) in [4.78, 5) is 24.7. The summed E-state index contributed by atoms with van der Waals surface area (Å²) in [6.45, 7) is 3.41. The number of ether oxygens (including phenoxy) is 2. The highest BCUT2D eigenvalue weighted by atomic mass is 19.4. The third-order valence-electron chi connectivity index (χ3n) is 7.60. The van der Waals surface area contributed by atoms with Gasteiger partial charge in [0.25, 0.3) is 0 Å². The van der Waals surface area contributed by atoms with Gasteiger partial charge in [-0.2, -0.15) is 13.2 Å². The number of hydrogen-bond acceptors (Lipinski definition) is 4. The van der Waals surface area contributed by atoms with E-state index >= 15 is 0 Å². The Balaban J connectivity index is 1.51. The summed E-state index contributed by atoms with van der Waals surface area (Å²) in [5.74, 6) is -1.18. The molecule has 4 bridgehead atoms. The molecule has 0 radical (unpaired) electrons. The van der Waals surface area contributed by atoms with Crippen LogP contribution < -0.4 is 0 Å². The van der Waals surface area contributed by atoms with Gasteiger partial charge in [0.15, 0.2) is 6.10 Å². The van der Waals surface area contributed by atoms with E-state index < -0.39 is 41.2 Å². The fourth-order valence-electron chi connectivity index (χ4n) is 5.97. The predicted molar refractivity (Wildman–Crippen MR) is 84.8 cm³/mol. The van der Waals surface area contributed by atoms with E-state index in [1.807, 2.05) is 0 Å². The van der Waals surface area contributed by atoms with Crippen molar-refractivity contribution in [1.82, 2.24) is 0 Å². The van der Waals surface area contributed by atoms with Crippen molar-refractivity contribution in [2.24, 2.45) is 29.1 Å². The van der Waals surface area contributed by atoms with Crippen LogP contribution in [0.1, 0.15) is 58.8 Å². The molecular weight excluding hydrogens is 349 g/mol. The molecule has 4 nitrogen and oxygen atoms in total. The van der Waals surface area contributed by atoms with Gasteiger partial charge in [0.2, 0.25) is 5.60 Å². The normalized spacial score (nSPS) is 41.3. The third-order valence-corrected chi connectivity index (χ3v) is 7.60. The van der Waals surface area contributed by atoms with Gasteiger partial charge in [-0.1, -0.05) is 20.3 Å². The molecule has 6 unspecified atom stereocenters. The Hall–Kier alpha value is -1.27. The third kappa shape index (κ3) is 2.48.